The maximum atomic E-state index is 2.35. The molecule has 0 heterocycles. The Bertz CT molecular complexity index is 4840. The van der Waals surface area contributed by atoms with Gasteiger partial charge in [-0.1, -0.05) is 377 Å². The largest absolute Gasteiger partial charge is 0.311 e. The van der Waals surface area contributed by atoms with Gasteiger partial charge in [0.25, 0.3) is 0 Å². The molecule has 13 aromatic carbocycles. The van der Waals surface area contributed by atoms with E-state index in [0.29, 0.717) is 0 Å². The standard InChI is InChI=1S/C106H96N2/c1-7-9-13-83-47-67-99(68-48-83)107(101-71-51-91(52-72-101)43-39-87-31-27-85(28-32-87)15-11-17-105(95-59-19-79(3)20-60-95)96-61-21-80(4)22-62-96)103-75-55-93(56-76-103)45-41-89-35-37-90(38-36-89)42-46-94-57-77-104(78-58-94)108(100-69-49-84(50-70-100)14-10-8-2)102-73-53-92(54-74-102)44-40-88-33-29-86(30-34-88)16-12-18-106(97-63-23-81(5)24-64-97)98-65-25-82(6)26-66-98/h11-12,15-78H,7-10,13-14H2,1-6H3/b15-11+,16-12+,43-39+,44-40+,45-41+,46-42+. The molecule has 108 heavy (non-hydrogen) atoms. The van der Waals surface area contributed by atoms with Crippen molar-refractivity contribution < 1.29 is 0 Å². The van der Waals surface area contributed by atoms with Crippen molar-refractivity contribution >= 4 is 106 Å². The van der Waals surface area contributed by atoms with Gasteiger partial charge in [0, 0.05) is 34.1 Å². The second-order valence-corrected chi connectivity index (χ2v) is 28.3. The van der Waals surface area contributed by atoms with E-state index in [4.69, 9.17) is 0 Å². The molecule has 0 unspecified atom stereocenters. The third-order valence-electron chi connectivity index (χ3n) is 19.9. The van der Waals surface area contributed by atoms with E-state index in [0.717, 1.165) is 103 Å². The van der Waals surface area contributed by atoms with Crippen molar-refractivity contribution in [3.63, 3.8) is 0 Å². The molecule has 0 aliphatic carbocycles. The minimum Gasteiger partial charge on any atom is -0.311 e. The second kappa shape index (κ2) is 36.9. The van der Waals surface area contributed by atoms with Crippen LogP contribution >= 0.6 is 0 Å². The number of allylic oxidation sites excluding steroid dienone is 4. The van der Waals surface area contributed by atoms with E-state index in [1.54, 1.807) is 0 Å². The highest BCUT2D eigenvalue weighted by Gasteiger charge is 2.16. The van der Waals surface area contributed by atoms with Gasteiger partial charge in [0.05, 0.1) is 0 Å². The number of benzene rings is 13. The molecule has 13 aromatic rings. The molecule has 0 fully saturated rings. The summed E-state index contributed by atoms with van der Waals surface area (Å²) in [5.41, 5.74) is 33.2. The van der Waals surface area contributed by atoms with Gasteiger partial charge in [0.15, 0.2) is 0 Å². The first-order chi connectivity index (χ1) is 53.0. The van der Waals surface area contributed by atoms with Crippen LogP contribution in [0.1, 0.15) is 151 Å². The highest BCUT2D eigenvalue weighted by Crippen LogP contribution is 2.38. The lowest BCUT2D eigenvalue weighted by molar-refractivity contribution is 0.795. The molecule has 0 amide bonds. The van der Waals surface area contributed by atoms with Crippen molar-refractivity contribution in [2.75, 3.05) is 9.80 Å². The van der Waals surface area contributed by atoms with Gasteiger partial charge >= 0.3 is 0 Å². The van der Waals surface area contributed by atoms with E-state index < -0.39 is 0 Å². The van der Waals surface area contributed by atoms with Crippen molar-refractivity contribution in [3.8, 4) is 0 Å². The average Bonchev–Trinajstić information content (AvgIpc) is 0.809. The van der Waals surface area contributed by atoms with Crippen LogP contribution in [-0.4, -0.2) is 0 Å². The van der Waals surface area contributed by atoms with Gasteiger partial charge in [0.1, 0.15) is 0 Å². The van der Waals surface area contributed by atoms with E-state index in [2.05, 4.69) is 452 Å². The highest BCUT2D eigenvalue weighted by atomic mass is 15.1. The summed E-state index contributed by atoms with van der Waals surface area (Å²) in [6, 6.07) is 115. The number of nitrogens with zero attached hydrogens (tertiary/aromatic N) is 2. The minimum atomic E-state index is 1.09. The first-order valence-corrected chi connectivity index (χ1v) is 38.3. The van der Waals surface area contributed by atoms with E-state index in [9.17, 15) is 0 Å². The lowest BCUT2D eigenvalue weighted by Gasteiger charge is -2.26. The predicted molar refractivity (Wildman–Crippen MR) is 471 cm³/mol. The van der Waals surface area contributed by atoms with Crippen LogP contribution in [0, 0.1) is 27.7 Å². The van der Waals surface area contributed by atoms with Crippen LogP contribution in [0.5, 0.6) is 0 Å². The summed E-state index contributed by atoms with van der Waals surface area (Å²) in [6.45, 7) is 13.0. The number of hydrogen-bond donors (Lipinski definition) is 0. The molecule has 0 aliphatic heterocycles. The summed E-state index contributed by atoms with van der Waals surface area (Å²) < 4.78 is 0. The first-order valence-electron chi connectivity index (χ1n) is 38.3. The lowest BCUT2D eigenvalue weighted by Crippen LogP contribution is -2.10. The normalized spacial score (nSPS) is 11.6. The molecule has 0 saturated carbocycles. The monoisotopic (exact) mass is 1400 g/mol. The third kappa shape index (κ3) is 20.5. The number of rotatable bonds is 28. The zero-order chi connectivity index (χ0) is 74.2. The Morgan fingerprint density at radius 3 is 0.583 bits per heavy atom. The van der Waals surface area contributed by atoms with Crippen molar-refractivity contribution in [1.29, 1.82) is 0 Å². The first kappa shape index (κ1) is 73.7. The van der Waals surface area contributed by atoms with Gasteiger partial charge in [-0.3, -0.25) is 0 Å². The molecule has 0 N–H and O–H groups in total. The fourth-order valence-corrected chi connectivity index (χ4v) is 13.3. The summed E-state index contributed by atoms with van der Waals surface area (Å²) in [6.07, 6.45) is 37.6. The van der Waals surface area contributed by atoms with Gasteiger partial charge in [-0.2, -0.15) is 0 Å². The maximum Gasteiger partial charge on any atom is 0.0462 e. The SMILES string of the molecule is CCCCc1ccc(N(c2ccc(/C=C/c3ccc(/C=C/C=C(c4ccc(C)cc4)c4ccc(C)cc4)cc3)cc2)c2ccc(/C=C/c3ccc(/C=C/c4ccc(N(c5ccc(/C=C/c6ccc(/C=C/C=C(c7ccc(C)cc7)c7ccc(C)cc7)cc6)cc5)c5ccc(CCCC)cc5)cc4)cc3)cc2)cc1. The van der Waals surface area contributed by atoms with Crippen LogP contribution in [-0.2, 0) is 12.8 Å². The van der Waals surface area contributed by atoms with Crippen molar-refractivity contribution in [3.05, 3.63) is 451 Å². The number of anilines is 6. The Morgan fingerprint density at radius 1 is 0.213 bits per heavy atom. The minimum absolute atomic E-state index is 1.09. The molecule has 0 aromatic heterocycles. The van der Waals surface area contributed by atoms with Crippen molar-refractivity contribution in [2.24, 2.45) is 0 Å². The zero-order valence-electron chi connectivity index (χ0n) is 63.2. The topological polar surface area (TPSA) is 6.48 Å². The average molecular weight is 1400 g/mol. The third-order valence-corrected chi connectivity index (χ3v) is 19.9. The lowest BCUT2D eigenvalue weighted by atomic mass is 9.96. The van der Waals surface area contributed by atoms with Crippen molar-refractivity contribution in [2.45, 2.75) is 80.1 Å². The molecule has 0 spiro atoms. The van der Waals surface area contributed by atoms with Crippen molar-refractivity contribution in [1.82, 2.24) is 0 Å². The Balaban J connectivity index is 0.638. The van der Waals surface area contributed by atoms with Crippen LogP contribution in [0.3, 0.4) is 0 Å². The Kier molecular flexibility index (Phi) is 25.2. The summed E-state index contributed by atoms with van der Waals surface area (Å²) in [5, 5.41) is 0. The molecule has 0 bridgehead atoms. The fraction of sp³-hybridized carbons (Fsp3) is 0.113. The van der Waals surface area contributed by atoms with Crippen LogP contribution in [0.4, 0.5) is 34.1 Å². The van der Waals surface area contributed by atoms with E-state index in [1.807, 2.05) is 0 Å². The smallest absolute Gasteiger partial charge is 0.0462 e. The van der Waals surface area contributed by atoms with Gasteiger partial charge in [-0.15, -0.1) is 0 Å². The van der Waals surface area contributed by atoms with E-state index in [1.165, 1.54) is 92.5 Å². The van der Waals surface area contributed by atoms with Gasteiger partial charge in [-0.05, 0) is 226 Å². The number of aryl methyl sites for hydroxylation is 6. The van der Waals surface area contributed by atoms with Crippen LogP contribution in [0.2, 0.25) is 0 Å². The van der Waals surface area contributed by atoms with E-state index >= 15 is 0 Å². The van der Waals surface area contributed by atoms with E-state index in [-0.39, 0.29) is 0 Å². The Hall–Kier alpha value is -12.6. The molecule has 2 nitrogen and oxygen atoms in total. The summed E-state index contributed by atoms with van der Waals surface area (Å²) in [5.74, 6) is 0. The molecular formula is C106H96N2. The molecule has 0 saturated heterocycles. The fourth-order valence-electron chi connectivity index (χ4n) is 13.3. The quantitative estimate of drug-likeness (QED) is 0.0356. The molecule has 530 valence electrons. The van der Waals surface area contributed by atoms with Gasteiger partial charge < -0.3 is 9.80 Å². The zero-order valence-corrected chi connectivity index (χ0v) is 63.2. The van der Waals surface area contributed by atoms with Crippen LogP contribution in [0.15, 0.2) is 340 Å². The predicted octanol–water partition coefficient (Wildman–Crippen LogP) is 29.5. The maximum absolute atomic E-state index is 2.35. The summed E-state index contributed by atoms with van der Waals surface area (Å²) in [7, 11) is 0. The molecule has 13 rings (SSSR count). The highest BCUT2D eigenvalue weighted by molar-refractivity contribution is 5.86. The second-order valence-electron chi connectivity index (χ2n) is 28.3. The molecule has 0 aliphatic rings. The Morgan fingerprint density at radius 2 is 0.389 bits per heavy atom. The van der Waals surface area contributed by atoms with Crippen LogP contribution in [0.25, 0.3) is 71.9 Å². The summed E-state index contributed by atoms with van der Waals surface area (Å²) in [4.78, 5) is 4.71. The molecule has 2 heteroatoms. The molecule has 0 radical (unpaired) electrons. The number of hydrogen-bond acceptors (Lipinski definition) is 2. The Labute approximate surface area is 642 Å². The van der Waals surface area contributed by atoms with Crippen LogP contribution < -0.4 is 9.80 Å². The van der Waals surface area contributed by atoms with Gasteiger partial charge in [-0.25, -0.2) is 0 Å². The summed E-state index contributed by atoms with van der Waals surface area (Å²) >= 11 is 0. The number of unbranched alkanes of at least 4 members (excludes halogenated alkanes) is 2. The molecular weight excluding hydrogens is 1300 g/mol. The molecule has 0 atom stereocenters. The van der Waals surface area contributed by atoms with Gasteiger partial charge in [0.2, 0.25) is 0 Å².